The van der Waals surface area contributed by atoms with E-state index >= 15 is 0 Å². The molecule has 0 heterocycles. The fourth-order valence-electron chi connectivity index (χ4n) is 1.64. The van der Waals surface area contributed by atoms with E-state index in [0.29, 0.717) is 0 Å². The molecule has 0 saturated heterocycles. The number of nitro benzene ring substituents is 1. The number of nitro groups is 1. The van der Waals surface area contributed by atoms with E-state index in [4.69, 9.17) is 15.6 Å². The highest BCUT2D eigenvalue weighted by atomic mass is 16.6. The van der Waals surface area contributed by atoms with E-state index in [2.05, 4.69) is 0 Å². The number of rotatable bonds is 6. The number of nitrogens with two attached hydrogens (primary N) is 1. The molecule has 106 valence electrons. The van der Waals surface area contributed by atoms with Crippen molar-refractivity contribution in [1.29, 1.82) is 0 Å². The number of ether oxygens (including phenoxy) is 1. The quantitative estimate of drug-likeness (QED) is 0.323. The number of aliphatic hydroxyl groups is 3. The molecule has 5 N–H and O–H groups in total. The van der Waals surface area contributed by atoms with Gasteiger partial charge in [-0.2, -0.15) is 0 Å². The molecular formula is C11H16N2O6. The summed E-state index contributed by atoms with van der Waals surface area (Å²) in [7, 11) is 1.32. The number of nitrogen functional groups attached to an aromatic ring is 1. The maximum atomic E-state index is 10.8. The Morgan fingerprint density at radius 3 is 2.58 bits per heavy atom. The summed E-state index contributed by atoms with van der Waals surface area (Å²) in [6.07, 6.45) is -2.80. The molecule has 2 unspecified atom stereocenters. The Labute approximate surface area is 109 Å². The fraction of sp³-hybridized carbons (Fsp3) is 0.455. The molecule has 0 bridgehead atoms. The summed E-state index contributed by atoms with van der Waals surface area (Å²) < 4.78 is 4.89. The van der Waals surface area contributed by atoms with Crippen molar-refractivity contribution in [2.24, 2.45) is 0 Å². The predicted octanol–water partition coefficient (Wildman–Crippen LogP) is -0.0377. The van der Waals surface area contributed by atoms with E-state index < -0.39 is 22.8 Å². The van der Waals surface area contributed by atoms with E-state index in [1.807, 2.05) is 0 Å². The van der Waals surface area contributed by atoms with Crippen LogP contribution in [0.25, 0.3) is 0 Å². The molecule has 1 rings (SSSR count). The normalized spacial score (nSPS) is 13.9. The maximum Gasteiger partial charge on any atom is 0.296 e. The van der Waals surface area contributed by atoms with Crippen molar-refractivity contribution in [2.75, 3.05) is 19.5 Å². The molecule has 0 aliphatic rings. The van der Waals surface area contributed by atoms with Gasteiger partial charge in [-0.15, -0.1) is 0 Å². The van der Waals surface area contributed by atoms with Crippen LogP contribution < -0.4 is 10.5 Å². The van der Waals surface area contributed by atoms with Gasteiger partial charge in [-0.1, -0.05) is 0 Å². The third-order valence-corrected chi connectivity index (χ3v) is 2.70. The summed E-state index contributed by atoms with van der Waals surface area (Å²) in [6, 6.07) is 2.44. The van der Waals surface area contributed by atoms with Gasteiger partial charge in [-0.3, -0.25) is 10.1 Å². The first-order valence-electron chi connectivity index (χ1n) is 5.51. The van der Waals surface area contributed by atoms with Crippen LogP contribution in [0, 0.1) is 10.1 Å². The summed E-state index contributed by atoms with van der Waals surface area (Å²) in [5.74, 6) is 0.145. The first-order chi connectivity index (χ1) is 8.92. The lowest BCUT2D eigenvalue weighted by molar-refractivity contribution is -0.384. The Morgan fingerprint density at radius 2 is 2.11 bits per heavy atom. The topological polar surface area (TPSA) is 139 Å². The number of benzene rings is 1. The number of anilines is 1. The average molecular weight is 272 g/mol. The molecule has 1 aromatic carbocycles. The van der Waals surface area contributed by atoms with E-state index in [1.165, 1.54) is 13.2 Å². The minimum absolute atomic E-state index is 0.00741. The molecular weight excluding hydrogens is 256 g/mol. The van der Waals surface area contributed by atoms with Gasteiger partial charge in [0.1, 0.15) is 17.5 Å². The van der Waals surface area contributed by atoms with Crippen LogP contribution in [0.5, 0.6) is 5.75 Å². The molecule has 0 aromatic heterocycles. The second kappa shape index (κ2) is 6.32. The Kier molecular flexibility index (Phi) is 5.04. The molecule has 0 aliphatic carbocycles. The fourth-order valence-corrected chi connectivity index (χ4v) is 1.64. The first-order valence-corrected chi connectivity index (χ1v) is 5.51. The van der Waals surface area contributed by atoms with Gasteiger partial charge in [-0.25, -0.2) is 0 Å². The SMILES string of the molecule is COc1cc(C(O)C(O)CCO)c(N)c([N+](=O)[O-])c1. The standard InChI is InChI=1S/C11H16N2O6/c1-19-6-4-7(11(16)9(15)2-3-14)10(12)8(5-6)13(17)18/h4-5,9,11,14-16H,2-3,12H2,1H3. The van der Waals surface area contributed by atoms with Gasteiger partial charge in [0.25, 0.3) is 5.69 Å². The van der Waals surface area contributed by atoms with Gasteiger partial charge in [0.05, 0.1) is 24.2 Å². The second-order valence-corrected chi connectivity index (χ2v) is 3.93. The molecule has 19 heavy (non-hydrogen) atoms. The van der Waals surface area contributed by atoms with Crippen LogP contribution in [0.2, 0.25) is 0 Å². The summed E-state index contributed by atoms with van der Waals surface area (Å²) >= 11 is 0. The molecule has 0 saturated carbocycles. The second-order valence-electron chi connectivity index (χ2n) is 3.93. The number of hydrogen-bond donors (Lipinski definition) is 4. The number of nitrogens with zero attached hydrogens (tertiary/aromatic N) is 1. The molecule has 2 atom stereocenters. The van der Waals surface area contributed by atoms with E-state index in [9.17, 15) is 20.3 Å². The van der Waals surface area contributed by atoms with Crippen molar-refractivity contribution >= 4 is 11.4 Å². The molecule has 0 amide bonds. The third-order valence-electron chi connectivity index (χ3n) is 2.70. The van der Waals surface area contributed by atoms with Gasteiger partial charge < -0.3 is 25.8 Å². The molecule has 8 heteroatoms. The molecule has 0 radical (unpaired) electrons. The summed E-state index contributed by atoms with van der Waals surface area (Å²) in [5.41, 5.74) is 4.95. The minimum Gasteiger partial charge on any atom is -0.496 e. The monoisotopic (exact) mass is 272 g/mol. The zero-order valence-corrected chi connectivity index (χ0v) is 10.3. The highest BCUT2D eigenvalue weighted by Gasteiger charge is 2.26. The van der Waals surface area contributed by atoms with Crippen LogP contribution in [0.1, 0.15) is 18.1 Å². The lowest BCUT2D eigenvalue weighted by atomic mass is 9.99. The Bertz CT molecular complexity index is 465. The highest BCUT2D eigenvalue weighted by molar-refractivity contribution is 5.66. The number of methoxy groups -OCH3 is 1. The highest BCUT2D eigenvalue weighted by Crippen LogP contribution is 2.35. The Balaban J connectivity index is 3.25. The molecule has 1 aromatic rings. The molecule has 0 aliphatic heterocycles. The van der Waals surface area contributed by atoms with Crippen LogP contribution in [0.3, 0.4) is 0 Å². The van der Waals surface area contributed by atoms with Crippen molar-refractivity contribution in [3.63, 3.8) is 0 Å². The first kappa shape index (κ1) is 15.2. The lowest BCUT2D eigenvalue weighted by Gasteiger charge is -2.19. The van der Waals surface area contributed by atoms with Gasteiger partial charge >= 0.3 is 0 Å². The van der Waals surface area contributed by atoms with Gasteiger partial charge in [-0.05, 0) is 12.5 Å². The van der Waals surface area contributed by atoms with Crippen LogP contribution in [0.15, 0.2) is 12.1 Å². The van der Waals surface area contributed by atoms with Crippen LogP contribution in [-0.4, -0.2) is 40.1 Å². The predicted molar refractivity (Wildman–Crippen MR) is 66.7 cm³/mol. The zero-order chi connectivity index (χ0) is 14.6. The van der Waals surface area contributed by atoms with Crippen molar-refractivity contribution in [3.8, 4) is 5.75 Å². The van der Waals surface area contributed by atoms with Gasteiger partial charge in [0.15, 0.2) is 0 Å². The summed E-state index contributed by atoms with van der Waals surface area (Å²) in [6.45, 7) is -0.329. The molecule has 0 spiro atoms. The van der Waals surface area contributed by atoms with Crippen molar-refractivity contribution in [1.82, 2.24) is 0 Å². The molecule has 0 fully saturated rings. The van der Waals surface area contributed by atoms with E-state index in [-0.39, 0.29) is 30.0 Å². The largest absolute Gasteiger partial charge is 0.496 e. The smallest absolute Gasteiger partial charge is 0.296 e. The summed E-state index contributed by atoms with van der Waals surface area (Å²) in [4.78, 5) is 10.1. The Hall–Kier alpha value is -1.90. The van der Waals surface area contributed by atoms with Crippen LogP contribution >= 0.6 is 0 Å². The average Bonchev–Trinajstić information content (AvgIpc) is 2.38. The van der Waals surface area contributed by atoms with Gasteiger partial charge in [0.2, 0.25) is 0 Å². The summed E-state index contributed by atoms with van der Waals surface area (Å²) in [5, 5.41) is 39.1. The van der Waals surface area contributed by atoms with Crippen molar-refractivity contribution < 1.29 is 25.0 Å². The van der Waals surface area contributed by atoms with Crippen LogP contribution in [0.4, 0.5) is 11.4 Å². The Morgan fingerprint density at radius 1 is 1.47 bits per heavy atom. The lowest BCUT2D eigenvalue weighted by Crippen LogP contribution is -2.21. The number of hydrogen-bond acceptors (Lipinski definition) is 7. The van der Waals surface area contributed by atoms with Crippen molar-refractivity contribution in [3.05, 3.63) is 27.8 Å². The maximum absolute atomic E-state index is 10.8. The van der Waals surface area contributed by atoms with Gasteiger partial charge in [0, 0.05) is 12.2 Å². The zero-order valence-electron chi connectivity index (χ0n) is 10.3. The van der Waals surface area contributed by atoms with E-state index in [0.717, 1.165) is 6.07 Å². The van der Waals surface area contributed by atoms with E-state index in [1.54, 1.807) is 0 Å². The molecule has 8 nitrogen and oxygen atoms in total. The van der Waals surface area contributed by atoms with Crippen LogP contribution in [-0.2, 0) is 0 Å². The number of aliphatic hydroxyl groups excluding tert-OH is 3. The van der Waals surface area contributed by atoms with Crippen molar-refractivity contribution in [2.45, 2.75) is 18.6 Å². The third kappa shape index (κ3) is 3.31. The minimum atomic E-state index is -1.44.